The molecule has 3 aliphatic heterocycles. The van der Waals surface area contributed by atoms with Crippen LogP contribution in [0, 0.1) is 0 Å². The predicted molar refractivity (Wildman–Crippen MR) is 92.0 cm³/mol. The molecule has 2 fully saturated rings. The van der Waals surface area contributed by atoms with Gasteiger partial charge in [0.05, 0.1) is 0 Å². The van der Waals surface area contributed by atoms with Gasteiger partial charge in [0.15, 0.2) is 11.6 Å². The third-order valence-electron chi connectivity index (χ3n) is 4.91. The van der Waals surface area contributed by atoms with Crippen LogP contribution in [0.5, 0.6) is 0 Å². The molecule has 1 aromatic rings. The highest BCUT2D eigenvalue weighted by atomic mass is 16.5. The van der Waals surface area contributed by atoms with Crippen molar-refractivity contribution in [1.29, 1.82) is 0 Å². The van der Waals surface area contributed by atoms with Crippen LogP contribution in [0.3, 0.4) is 0 Å². The molecule has 0 saturated carbocycles. The van der Waals surface area contributed by atoms with Gasteiger partial charge in [-0.1, -0.05) is 6.42 Å². The van der Waals surface area contributed by atoms with E-state index >= 15 is 0 Å². The van der Waals surface area contributed by atoms with E-state index in [1.807, 2.05) is 17.0 Å². The third kappa shape index (κ3) is 2.93. The molecule has 2 N–H and O–H groups in total. The van der Waals surface area contributed by atoms with E-state index in [9.17, 15) is 9.59 Å². The van der Waals surface area contributed by atoms with E-state index in [2.05, 4.69) is 20.7 Å². The Bertz CT molecular complexity index is 729. The van der Waals surface area contributed by atoms with Gasteiger partial charge in [-0.05, 0) is 18.9 Å². The molecule has 9 nitrogen and oxygen atoms in total. The van der Waals surface area contributed by atoms with Gasteiger partial charge < -0.3 is 15.0 Å². The predicted octanol–water partition coefficient (Wildman–Crippen LogP) is -0.509. The number of hydrazine groups is 1. The first-order valence-corrected chi connectivity index (χ1v) is 8.87. The van der Waals surface area contributed by atoms with Gasteiger partial charge in [-0.15, -0.1) is 0 Å². The number of Topliss-reactive ketones (excluding diaryl/α,β-unsaturated/α-hetero) is 1. The second kappa shape index (κ2) is 7.00. The Morgan fingerprint density at radius 1 is 1.19 bits per heavy atom. The molecular weight excluding hydrogens is 336 g/mol. The number of carbonyl (C=O) groups is 2. The summed E-state index contributed by atoms with van der Waals surface area (Å²) in [6, 6.07) is 1.02. The number of aromatic nitrogens is 2. The van der Waals surface area contributed by atoms with Crippen molar-refractivity contribution in [3.63, 3.8) is 0 Å². The zero-order valence-electron chi connectivity index (χ0n) is 14.6. The smallest absolute Gasteiger partial charge is 0.250 e. The van der Waals surface area contributed by atoms with Crippen LogP contribution in [-0.4, -0.2) is 70.5 Å². The number of rotatable bonds is 3. The van der Waals surface area contributed by atoms with Crippen molar-refractivity contribution in [3.05, 3.63) is 30.1 Å². The third-order valence-corrected chi connectivity index (χ3v) is 4.91. The first kappa shape index (κ1) is 16.9. The SMILES string of the molecule is CN1C(N2CCCCCN2)=C(c2ncccn2)NC(=O)C1C1OCC1=O. The van der Waals surface area contributed by atoms with Crippen LogP contribution in [0.1, 0.15) is 25.1 Å². The van der Waals surface area contributed by atoms with Crippen molar-refractivity contribution < 1.29 is 14.3 Å². The molecule has 1 aromatic heterocycles. The number of hydrogen-bond acceptors (Lipinski definition) is 8. The lowest BCUT2D eigenvalue weighted by Gasteiger charge is -2.45. The number of nitrogens with zero attached hydrogens (tertiary/aromatic N) is 4. The molecule has 2 unspecified atom stereocenters. The van der Waals surface area contributed by atoms with E-state index in [4.69, 9.17) is 4.74 Å². The maximum absolute atomic E-state index is 12.8. The molecule has 1 amide bonds. The number of amides is 1. The Labute approximate surface area is 151 Å². The Balaban J connectivity index is 1.76. The molecule has 26 heavy (non-hydrogen) atoms. The molecule has 2 saturated heterocycles. The second-order valence-corrected chi connectivity index (χ2v) is 6.63. The molecule has 2 atom stereocenters. The minimum atomic E-state index is -0.736. The molecule has 138 valence electrons. The summed E-state index contributed by atoms with van der Waals surface area (Å²) in [4.78, 5) is 35.1. The van der Waals surface area contributed by atoms with Crippen molar-refractivity contribution in [1.82, 2.24) is 30.6 Å². The van der Waals surface area contributed by atoms with Crippen LogP contribution in [0.2, 0.25) is 0 Å². The summed E-state index contributed by atoms with van der Waals surface area (Å²) in [5, 5.41) is 4.93. The standard InChI is InChI=1S/C17H22N6O3/c1-22-13(14-11(24)10-26-14)16(25)21-12(15-18-6-5-7-19-15)17(22)23-9-4-2-3-8-20-23/h5-7,13-14,20H,2-4,8-10H2,1H3,(H,21,25). The first-order valence-electron chi connectivity index (χ1n) is 8.87. The highest BCUT2D eigenvalue weighted by Crippen LogP contribution is 2.29. The van der Waals surface area contributed by atoms with Crippen molar-refractivity contribution in [3.8, 4) is 0 Å². The summed E-state index contributed by atoms with van der Waals surface area (Å²) in [7, 11) is 1.81. The number of hydrogen-bond donors (Lipinski definition) is 2. The molecule has 4 rings (SSSR count). The summed E-state index contributed by atoms with van der Waals surface area (Å²) in [5.74, 6) is 0.852. The quantitative estimate of drug-likeness (QED) is 0.745. The minimum absolute atomic E-state index is 0.0559. The van der Waals surface area contributed by atoms with Crippen LogP contribution in [0.15, 0.2) is 24.3 Å². The summed E-state index contributed by atoms with van der Waals surface area (Å²) in [6.07, 6.45) is 5.80. The van der Waals surface area contributed by atoms with E-state index in [0.29, 0.717) is 11.5 Å². The fourth-order valence-corrected chi connectivity index (χ4v) is 3.55. The maximum atomic E-state index is 12.8. The Morgan fingerprint density at radius 2 is 2.00 bits per heavy atom. The fraction of sp³-hybridized carbons (Fsp3) is 0.529. The molecule has 0 aromatic carbocycles. The highest BCUT2D eigenvalue weighted by molar-refractivity contribution is 6.00. The van der Waals surface area contributed by atoms with Crippen LogP contribution in [0.25, 0.3) is 5.70 Å². The average Bonchev–Trinajstić information content (AvgIpc) is 2.93. The number of ketones is 1. The number of likely N-dealkylation sites (N-methyl/N-ethyl adjacent to an activating group) is 1. The lowest BCUT2D eigenvalue weighted by Crippen LogP contribution is -2.64. The molecule has 0 radical (unpaired) electrons. The summed E-state index contributed by atoms with van der Waals surface area (Å²) in [5.41, 5.74) is 3.94. The Kier molecular flexibility index (Phi) is 4.56. The number of carbonyl (C=O) groups excluding carboxylic acids is 2. The first-order chi connectivity index (χ1) is 12.7. The molecular formula is C17H22N6O3. The van der Waals surface area contributed by atoms with Crippen molar-refractivity contribution in [2.45, 2.75) is 31.4 Å². The van der Waals surface area contributed by atoms with Gasteiger partial charge in [0, 0.05) is 32.5 Å². The maximum Gasteiger partial charge on any atom is 0.250 e. The largest absolute Gasteiger partial charge is 0.360 e. The van der Waals surface area contributed by atoms with Crippen molar-refractivity contribution in [2.75, 3.05) is 26.7 Å². The summed E-state index contributed by atoms with van der Waals surface area (Å²) < 4.78 is 5.38. The molecule has 0 spiro atoms. The monoisotopic (exact) mass is 358 g/mol. The average molecular weight is 358 g/mol. The van der Waals surface area contributed by atoms with E-state index in [1.165, 1.54) is 0 Å². The molecule has 0 aliphatic carbocycles. The Morgan fingerprint density at radius 3 is 2.69 bits per heavy atom. The van der Waals surface area contributed by atoms with Gasteiger partial charge in [-0.3, -0.25) is 14.6 Å². The van der Waals surface area contributed by atoms with Gasteiger partial charge in [0.2, 0.25) is 0 Å². The van der Waals surface area contributed by atoms with Crippen LogP contribution in [-0.2, 0) is 14.3 Å². The van der Waals surface area contributed by atoms with Gasteiger partial charge in [0.1, 0.15) is 30.3 Å². The van der Waals surface area contributed by atoms with Crippen LogP contribution < -0.4 is 10.7 Å². The number of ether oxygens (including phenoxy) is 1. The van der Waals surface area contributed by atoms with Gasteiger partial charge >= 0.3 is 0 Å². The number of nitrogens with one attached hydrogen (secondary N) is 2. The summed E-state index contributed by atoms with van der Waals surface area (Å²) >= 11 is 0. The van der Waals surface area contributed by atoms with E-state index in [1.54, 1.807) is 18.5 Å². The lowest BCUT2D eigenvalue weighted by atomic mass is 9.98. The molecule has 3 aliphatic rings. The van der Waals surface area contributed by atoms with Crippen LogP contribution >= 0.6 is 0 Å². The van der Waals surface area contributed by atoms with Crippen molar-refractivity contribution >= 4 is 17.4 Å². The van der Waals surface area contributed by atoms with Crippen LogP contribution in [0.4, 0.5) is 0 Å². The molecule has 0 bridgehead atoms. The normalized spacial score (nSPS) is 27.1. The molecule has 9 heteroatoms. The lowest BCUT2D eigenvalue weighted by molar-refractivity contribution is -0.166. The van der Waals surface area contributed by atoms with Gasteiger partial charge in [-0.2, -0.15) is 0 Å². The zero-order chi connectivity index (χ0) is 18.1. The topological polar surface area (TPSA) is 99.7 Å². The summed E-state index contributed by atoms with van der Waals surface area (Å²) in [6.45, 7) is 1.70. The van der Waals surface area contributed by atoms with Gasteiger partial charge in [0.25, 0.3) is 5.91 Å². The van der Waals surface area contributed by atoms with Gasteiger partial charge in [-0.25, -0.2) is 15.4 Å². The highest BCUT2D eigenvalue weighted by Gasteiger charge is 2.48. The Hall–Kier alpha value is -2.52. The van der Waals surface area contributed by atoms with E-state index in [0.717, 1.165) is 38.2 Å². The fourth-order valence-electron chi connectivity index (χ4n) is 3.55. The van der Waals surface area contributed by atoms with Crippen molar-refractivity contribution in [2.24, 2.45) is 0 Å². The second-order valence-electron chi connectivity index (χ2n) is 6.63. The van der Waals surface area contributed by atoms with E-state index in [-0.39, 0.29) is 18.3 Å². The molecule has 4 heterocycles. The minimum Gasteiger partial charge on any atom is -0.360 e. The van der Waals surface area contributed by atoms with E-state index < -0.39 is 12.1 Å². The zero-order valence-corrected chi connectivity index (χ0v) is 14.6.